The molecule has 0 aromatic heterocycles. The van der Waals surface area contributed by atoms with Gasteiger partial charge >= 0.3 is 12.1 Å². The molecule has 5 heteroatoms. The molecule has 1 aliphatic rings. The number of benzene rings is 1. The first-order valence-corrected chi connectivity index (χ1v) is 8.07. The quantitative estimate of drug-likeness (QED) is 0.869. The molecule has 1 amide bonds. The molecular weight excluding hydrogens is 294 g/mol. The second-order valence-corrected chi connectivity index (χ2v) is 6.75. The summed E-state index contributed by atoms with van der Waals surface area (Å²) in [6.07, 6.45) is 1.85. The van der Waals surface area contributed by atoms with Crippen molar-refractivity contribution < 1.29 is 19.1 Å². The molecule has 0 saturated carbocycles. The van der Waals surface area contributed by atoms with Crippen LogP contribution >= 0.6 is 0 Å². The molecule has 0 bridgehead atoms. The van der Waals surface area contributed by atoms with Gasteiger partial charge in [-0.25, -0.2) is 9.59 Å². The lowest BCUT2D eigenvalue weighted by atomic mass is 9.85. The standard InChI is InChI=1S/C18H25NO4/c1-5-22-16(20)14-8-6-7-12-9-10-13(11-15(12)14)19-17(21)23-18(2,3)4/h6-8,13H,5,9-11H2,1-4H3,(H,19,21). The molecule has 1 N–H and O–H groups in total. The fourth-order valence-electron chi connectivity index (χ4n) is 2.79. The summed E-state index contributed by atoms with van der Waals surface area (Å²) in [5, 5.41) is 2.90. The van der Waals surface area contributed by atoms with E-state index in [1.54, 1.807) is 13.0 Å². The van der Waals surface area contributed by atoms with Gasteiger partial charge in [0, 0.05) is 6.04 Å². The molecule has 126 valence electrons. The van der Waals surface area contributed by atoms with Crippen LogP contribution in [0.5, 0.6) is 0 Å². The van der Waals surface area contributed by atoms with Crippen LogP contribution in [0.1, 0.15) is 55.6 Å². The van der Waals surface area contributed by atoms with Crippen molar-refractivity contribution in [3.63, 3.8) is 0 Å². The second kappa shape index (κ2) is 7.02. The Kier molecular flexibility index (Phi) is 5.29. The Balaban J connectivity index is 2.10. The number of amides is 1. The molecular formula is C18H25NO4. The third kappa shape index (κ3) is 4.71. The molecule has 0 radical (unpaired) electrons. The van der Waals surface area contributed by atoms with Crippen molar-refractivity contribution in [2.45, 2.75) is 58.6 Å². The SMILES string of the molecule is CCOC(=O)c1cccc2c1CC(NC(=O)OC(C)(C)C)CC2. The third-order valence-electron chi connectivity index (χ3n) is 3.70. The van der Waals surface area contributed by atoms with Crippen molar-refractivity contribution in [1.82, 2.24) is 5.32 Å². The molecule has 0 heterocycles. The van der Waals surface area contributed by atoms with E-state index in [4.69, 9.17) is 9.47 Å². The first kappa shape index (κ1) is 17.3. The first-order valence-electron chi connectivity index (χ1n) is 8.07. The predicted molar refractivity (Wildman–Crippen MR) is 87.6 cm³/mol. The number of alkyl carbamates (subject to hydrolysis) is 1. The number of carbonyl (C=O) groups excluding carboxylic acids is 2. The summed E-state index contributed by atoms with van der Waals surface area (Å²) < 4.78 is 10.4. The summed E-state index contributed by atoms with van der Waals surface area (Å²) in [4.78, 5) is 24.0. The Morgan fingerprint density at radius 1 is 1.30 bits per heavy atom. The van der Waals surface area contributed by atoms with Gasteiger partial charge in [0.2, 0.25) is 0 Å². The number of hydrogen-bond acceptors (Lipinski definition) is 4. The molecule has 1 unspecified atom stereocenters. The average molecular weight is 319 g/mol. The molecule has 5 nitrogen and oxygen atoms in total. The third-order valence-corrected chi connectivity index (χ3v) is 3.70. The maximum absolute atomic E-state index is 12.1. The second-order valence-electron chi connectivity index (χ2n) is 6.75. The predicted octanol–water partition coefficient (Wildman–Crippen LogP) is 3.25. The molecule has 0 fully saturated rings. The Morgan fingerprint density at radius 2 is 2.04 bits per heavy atom. The van der Waals surface area contributed by atoms with E-state index in [2.05, 4.69) is 5.32 Å². The lowest BCUT2D eigenvalue weighted by molar-refractivity contribution is 0.0500. The van der Waals surface area contributed by atoms with E-state index in [9.17, 15) is 9.59 Å². The normalized spacial score (nSPS) is 17.1. The molecule has 0 aliphatic heterocycles. The van der Waals surface area contributed by atoms with Crippen molar-refractivity contribution in [3.8, 4) is 0 Å². The zero-order valence-electron chi connectivity index (χ0n) is 14.3. The zero-order chi connectivity index (χ0) is 17.0. The highest BCUT2D eigenvalue weighted by Crippen LogP contribution is 2.25. The minimum Gasteiger partial charge on any atom is -0.462 e. The van der Waals surface area contributed by atoms with E-state index in [0.717, 1.165) is 24.0 Å². The van der Waals surface area contributed by atoms with E-state index in [0.29, 0.717) is 18.6 Å². The molecule has 1 aromatic carbocycles. The van der Waals surface area contributed by atoms with Gasteiger partial charge in [-0.3, -0.25) is 0 Å². The zero-order valence-corrected chi connectivity index (χ0v) is 14.3. The number of aryl methyl sites for hydroxylation is 1. The van der Waals surface area contributed by atoms with Gasteiger partial charge in [-0.05, 0) is 64.2 Å². The van der Waals surface area contributed by atoms with Gasteiger partial charge < -0.3 is 14.8 Å². The Morgan fingerprint density at radius 3 is 2.70 bits per heavy atom. The van der Waals surface area contributed by atoms with Crippen molar-refractivity contribution >= 4 is 12.1 Å². The van der Waals surface area contributed by atoms with Gasteiger partial charge in [0.25, 0.3) is 0 Å². The van der Waals surface area contributed by atoms with Crippen LogP contribution in [-0.2, 0) is 22.3 Å². The van der Waals surface area contributed by atoms with Gasteiger partial charge in [-0.2, -0.15) is 0 Å². The van der Waals surface area contributed by atoms with Crippen molar-refractivity contribution in [1.29, 1.82) is 0 Å². The van der Waals surface area contributed by atoms with Crippen molar-refractivity contribution in [2.24, 2.45) is 0 Å². The Labute approximate surface area is 137 Å². The molecule has 0 spiro atoms. The summed E-state index contributed by atoms with van der Waals surface area (Å²) in [5.74, 6) is -0.303. The lowest BCUT2D eigenvalue weighted by Gasteiger charge is -2.28. The van der Waals surface area contributed by atoms with Crippen LogP contribution in [0.4, 0.5) is 4.79 Å². The van der Waals surface area contributed by atoms with E-state index in [1.807, 2.05) is 32.9 Å². The summed E-state index contributed by atoms with van der Waals surface area (Å²) in [5.41, 5.74) is 2.20. The largest absolute Gasteiger partial charge is 0.462 e. The van der Waals surface area contributed by atoms with Crippen LogP contribution < -0.4 is 5.32 Å². The van der Waals surface area contributed by atoms with Gasteiger partial charge in [-0.1, -0.05) is 12.1 Å². The van der Waals surface area contributed by atoms with Crippen LogP contribution in [0.25, 0.3) is 0 Å². The summed E-state index contributed by atoms with van der Waals surface area (Å²) in [7, 11) is 0. The average Bonchev–Trinajstić information content (AvgIpc) is 2.44. The van der Waals surface area contributed by atoms with E-state index in [1.165, 1.54) is 0 Å². The summed E-state index contributed by atoms with van der Waals surface area (Å²) >= 11 is 0. The van der Waals surface area contributed by atoms with Gasteiger partial charge in [0.05, 0.1) is 12.2 Å². The summed E-state index contributed by atoms with van der Waals surface area (Å²) in [6, 6.07) is 5.66. The Hall–Kier alpha value is -2.04. The molecule has 1 aromatic rings. The molecule has 1 atom stereocenters. The number of ether oxygens (including phenoxy) is 2. The van der Waals surface area contributed by atoms with E-state index >= 15 is 0 Å². The number of nitrogens with one attached hydrogen (secondary N) is 1. The number of hydrogen-bond donors (Lipinski definition) is 1. The highest BCUT2D eigenvalue weighted by Gasteiger charge is 2.26. The maximum Gasteiger partial charge on any atom is 0.407 e. The van der Waals surface area contributed by atoms with Gasteiger partial charge in [-0.15, -0.1) is 0 Å². The molecule has 23 heavy (non-hydrogen) atoms. The number of esters is 1. The van der Waals surface area contributed by atoms with Crippen LogP contribution in [0, 0.1) is 0 Å². The van der Waals surface area contributed by atoms with Gasteiger partial charge in [0.1, 0.15) is 5.60 Å². The smallest absolute Gasteiger partial charge is 0.407 e. The van der Waals surface area contributed by atoms with Crippen molar-refractivity contribution in [3.05, 3.63) is 34.9 Å². The fourth-order valence-corrected chi connectivity index (χ4v) is 2.79. The maximum atomic E-state index is 12.1. The van der Waals surface area contributed by atoms with Crippen LogP contribution in [0.15, 0.2) is 18.2 Å². The monoisotopic (exact) mass is 319 g/mol. The van der Waals surface area contributed by atoms with Crippen LogP contribution in [0.3, 0.4) is 0 Å². The Bertz CT molecular complexity index is 589. The van der Waals surface area contributed by atoms with Crippen molar-refractivity contribution in [2.75, 3.05) is 6.61 Å². The lowest BCUT2D eigenvalue weighted by Crippen LogP contribution is -2.42. The molecule has 0 saturated heterocycles. The highest BCUT2D eigenvalue weighted by molar-refractivity contribution is 5.91. The number of rotatable bonds is 3. The highest BCUT2D eigenvalue weighted by atomic mass is 16.6. The van der Waals surface area contributed by atoms with E-state index < -0.39 is 11.7 Å². The number of carbonyl (C=O) groups is 2. The minimum absolute atomic E-state index is 0.0343. The fraction of sp³-hybridized carbons (Fsp3) is 0.556. The summed E-state index contributed by atoms with van der Waals surface area (Å²) in [6.45, 7) is 7.65. The first-order chi connectivity index (χ1) is 10.8. The van der Waals surface area contributed by atoms with E-state index in [-0.39, 0.29) is 12.0 Å². The topological polar surface area (TPSA) is 64.6 Å². The van der Waals surface area contributed by atoms with Crippen LogP contribution in [0.2, 0.25) is 0 Å². The molecule has 1 aliphatic carbocycles. The van der Waals surface area contributed by atoms with Crippen LogP contribution in [-0.4, -0.2) is 30.3 Å². The molecule has 2 rings (SSSR count). The van der Waals surface area contributed by atoms with Gasteiger partial charge in [0.15, 0.2) is 0 Å². The number of fused-ring (bicyclic) bond motifs is 1. The minimum atomic E-state index is -0.521.